The Labute approximate surface area is 114 Å². The van der Waals surface area contributed by atoms with Crippen LogP contribution >= 0.6 is 11.3 Å². The highest BCUT2D eigenvalue weighted by molar-refractivity contribution is 7.21. The molecule has 0 radical (unpaired) electrons. The van der Waals surface area contributed by atoms with E-state index in [1.165, 1.54) is 18.3 Å². The van der Waals surface area contributed by atoms with E-state index in [4.69, 9.17) is 5.73 Å². The summed E-state index contributed by atoms with van der Waals surface area (Å²) in [5, 5.41) is 6.10. The molecule has 7 heteroatoms. The largest absolute Gasteiger partial charge is 0.397 e. The first-order chi connectivity index (χ1) is 9.09. The third-order valence-corrected chi connectivity index (χ3v) is 3.62. The van der Waals surface area contributed by atoms with Crippen molar-refractivity contribution in [1.82, 2.24) is 15.6 Å². The van der Waals surface area contributed by atoms with Crippen LogP contribution < -0.4 is 16.4 Å². The molecule has 0 aromatic carbocycles. The maximum atomic E-state index is 12.0. The Morgan fingerprint density at radius 3 is 2.79 bits per heavy atom. The Bertz CT molecular complexity index is 623. The van der Waals surface area contributed by atoms with Gasteiger partial charge in [0.2, 0.25) is 5.91 Å². The Morgan fingerprint density at radius 2 is 2.11 bits per heavy atom. The molecule has 0 aliphatic carbocycles. The second kappa shape index (κ2) is 5.66. The number of amides is 2. The van der Waals surface area contributed by atoms with Gasteiger partial charge < -0.3 is 16.4 Å². The third kappa shape index (κ3) is 3.00. The van der Waals surface area contributed by atoms with Gasteiger partial charge in [0.15, 0.2) is 0 Å². The summed E-state index contributed by atoms with van der Waals surface area (Å²) < 4.78 is 0. The number of hydrogen-bond acceptors (Lipinski definition) is 5. The second-order valence-corrected chi connectivity index (χ2v) is 4.94. The van der Waals surface area contributed by atoms with E-state index in [2.05, 4.69) is 15.6 Å². The van der Waals surface area contributed by atoms with Crippen LogP contribution in [-0.4, -0.2) is 29.9 Å². The minimum atomic E-state index is -0.245. The van der Waals surface area contributed by atoms with Crippen molar-refractivity contribution < 1.29 is 9.59 Å². The van der Waals surface area contributed by atoms with Gasteiger partial charge in [-0.25, -0.2) is 4.98 Å². The summed E-state index contributed by atoms with van der Waals surface area (Å²) >= 11 is 1.26. The number of nitrogens with zero attached hydrogens (tertiary/aromatic N) is 1. The van der Waals surface area contributed by atoms with Gasteiger partial charge in [0, 0.05) is 31.6 Å². The van der Waals surface area contributed by atoms with Gasteiger partial charge in [0.1, 0.15) is 9.71 Å². The zero-order valence-corrected chi connectivity index (χ0v) is 11.2. The number of nitrogen functional groups attached to an aromatic ring is 1. The average Bonchev–Trinajstić information content (AvgIpc) is 2.72. The van der Waals surface area contributed by atoms with Crippen molar-refractivity contribution in [1.29, 1.82) is 0 Å². The van der Waals surface area contributed by atoms with Crippen LogP contribution in [0.25, 0.3) is 10.2 Å². The molecule has 4 N–H and O–H groups in total. The molecule has 0 bridgehead atoms. The highest BCUT2D eigenvalue weighted by atomic mass is 32.1. The molecule has 0 fully saturated rings. The van der Waals surface area contributed by atoms with Crippen LogP contribution in [0.2, 0.25) is 0 Å². The average molecular weight is 278 g/mol. The Balaban J connectivity index is 2.05. The van der Waals surface area contributed by atoms with E-state index in [9.17, 15) is 9.59 Å². The third-order valence-electron chi connectivity index (χ3n) is 2.50. The molecule has 2 heterocycles. The molecule has 2 aromatic rings. The summed E-state index contributed by atoms with van der Waals surface area (Å²) in [6.07, 6.45) is 1.66. The molecule has 2 aromatic heterocycles. The summed E-state index contributed by atoms with van der Waals surface area (Å²) in [4.78, 5) is 28.0. The van der Waals surface area contributed by atoms with E-state index < -0.39 is 0 Å². The highest BCUT2D eigenvalue weighted by Gasteiger charge is 2.16. The number of fused-ring (bicyclic) bond motifs is 1. The highest BCUT2D eigenvalue weighted by Crippen LogP contribution is 2.31. The molecule has 2 amide bonds. The van der Waals surface area contributed by atoms with E-state index in [0.717, 1.165) is 10.2 Å². The summed E-state index contributed by atoms with van der Waals surface area (Å²) in [7, 11) is 0. The predicted molar refractivity (Wildman–Crippen MR) is 75.0 cm³/mol. The number of rotatable bonds is 4. The smallest absolute Gasteiger partial charge is 0.263 e. The topological polar surface area (TPSA) is 97.1 Å². The fourth-order valence-electron chi connectivity index (χ4n) is 1.61. The quantitative estimate of drug-likeness (QED) is 0.719. The first-order valence-corrected chi connectivity index (χ1v) is 6.57. The zero-order valence-electron chi connectivity index (χ0n) is 10.4. The number of thiophene rings is 1. The van der Waals surface area contributed by atoms with Crippen LogP contribution in [0.3, 0.4) is 0 Å². The zero-order chi connectivity index (χ0) is 13.8. The predicted octanol–water partition coefficient (Wildman–Crippen LogP) is 0.744. The van der Waals surface area contributed by atoms with Crippen molar-refractivity contribution >= 4 is 39.1 Å². The Morgan fingerprint density at radius 1 is 1.37 bits per heavy atom. The van der Waals surface area contributed by atoms with Crippen molar-refractivity contribution in [3.05, 3.63) is 23.2 Å². The molecule has 0 spiro atoms. The van der Waals surface area contributed by atoms with Gasteiger partial charge in [0.05, 0.1) is 5.69 Å². The molecule has 0 atom stereocenters. The maximum Gasteiger partial charge on any atom is 0.263 e. The maximum absolute atomic E-state index is 12.0. The van der Waals surface area contributed by atoms with Gasteiger partial charge in [-0.2, -0.15) is 0 Å². The molecule has 0 saturated heterocycles. The van der Waals surface area contributed by atoms with Crippen molar-refractivity contribution in [2.24, 2.45) is 0 Å². The first kappa shape index (κ1) is 13.3. The summed E-state index contributed by atoms with van der Waals surface area (Å²) in [5.74, 6) is -0.370. The van der Waals surface area contributed by atoms with E-state index in [0.29, 0.717) is 23.7 Å². The first-order valence-electron chi connectivity index (χ1n) is 5.75. The molecular formula is C12H14N4O2S. The molecule has 6 nitrogen and oxygen atoms in total. The fraction of sp³-hybridized carbons (Fsp3) is 0.250. The lowest BCUT2D eigenvalue weighted by Gasteiger charge is -2.04. The molecule has 0 aliphatic rings. The van der Waals surface area contributed by atoms with E-state index in [1.807, 2.05) is 6.07 Å². The number of nitrogens with one attached hydrogen (secondary N) is 2. The van der Waals surface area contributed by atoms with Crippen LogP contribution in [-0.2, 0) is 4.79 Å². The molecule has 0 unspecified atom stereocenters. The lowest BCUT2D eigenvalue weighted by molar-refractivity contribution is -0.118. The van der Waals surface area contributed by atoms with Gasteiger partial charge >= 0.3 is 0 Å². The minimum Gasteiger partial charge on any atom is -0.397 e. The van der Waals surface area contributed by atoms with E-state index in [1.54, 1.807) is 12.3 Å². The molecule has 0 saturated carbocycles. The fourth-order valence-corrected chi connectivity index (χ4v) is 2.59. The van der Waals surface area contributed by atoms with E-state index in [-0.39, 0.29) is 11.8 Å². The van der Waals surface area contributed by atoms with Crippen LogP contribution in [0, 0.1) is 0 Å². The number of nitrogens with two attached hydrogens (primary N) is 1. The van der Waals surface area contributed by atoms with Crippen LogP contribution in [0.5, 0.6) is 0 Å². The lowest BCUT2D eigenvalue weighted by Crippen LogP contribution is -2.33. The monoisotopic (exact) mass is 278 g/mol. The van der Waals surface area contributed by atoms with Gasteiger partial charge in [-0.15, -0.1) is 11.3 Å². The summed E-state index contributed by atoms with van der Waals surface area (Å²) in [6.45, 7) is 2.18. The number of pyridine rings is 1. The number of anilines is 1. The van der Waals surface area contributed by atoms with Crippen molar-refractivity contribution in [2.45, 2.75) is 6.92 Å². The van der Waals surface area contributed by atoms with Gasteiger partial charge in [0.25, 0.3) is 5.91 Å². The Kier molecular flexibility index (Phi) is 3.96. The van der Waals surface area contributed by atoms with Crippen molar-refractivity contribution in [3.8, 4) is 0 Å². The number of hydrogen-bond donors (Lipinski definition) is 3. The molecule has 2 rings (SSSR count). The molecular weight excluding hydrogens is 264 g/mol. The molecule has 19 heavy (non-hydrogen) atoms. The SMILES string of the molecule is CC(=O)NCCNC(=O)c1sc2ncccc2c1N. The standard InChI is InChI=1S/C12H14N4O2S/c1-7(17)14-5-6-15-11(18)10-9(13)8-3-2-4-16-12(8)19-10/h2-4H,5-6,13H2,1H3,(H,14,17)(H,15,18). The summed E-state index contributed by atoms with van der Waals surface area (Å²) in [6, 6.07) is 3.62. The van der Waals surface area contributed by atoms with Crippen LogP contribution in [0.15, 0.2) is 18.3 Å². The molecule has 0 aliphatic heterocycles. The minimum absolute atomic E-state index is 0.125. The normalized spacial score (nSPS) is 10.4. The molecule has 100 valence electrons. The van der Waals surface area contributed by atoms with Crippen molar-refractivity contribution in [2.75, 3.05) is 18.8 Å². The van der Waals surface area contributed by atoms with Gasteiger partial charge in [-0.1, -0.05) is 0 Å². The van der Waals surface area contributed by atoms with Crippen molar-refractivity contribution in [3.63, 3.8) is 0 Å². The Hall–Kier alpha value is -2.15. The van der Waals surface area contributed by atoms with E-state index >= 15 is 0 Å². The van der Waals surface area contributed by atoms with Crippen LogP contribution in [0.4, 0.5) is 5.69 Å². The summed E-state index contributed by atoms with van der Waals surface area (Å²) in [5.41, 5.74) is 6.38. The number of carbonyl (C=O) groups is 2. The lowest BCUT2D eigenvalue weighted by atomic mass is 10.2. The van der Waals surface area contributed by atoms with Crippen LogP contribution in [0.1, 0.15) is 16.6 Å². The van der Waals surface area contributed by atoms with Gasteiger partial charge in [-0.3, -0.25) is 9.59 Å². The second-order valence-electron chi connectivity index (χ2n) is 3.94. The number of aromatic nitrogens is 1. The van der Waals surface area contributed by atoms with Gasteiger partial charge in [-0.05, 0) is 12.1 Å². The number of carbonyl (C=O) groups excluding carboxylic acids is 2.